The lowest BCUT2D eigenvalue weighted by molar-refractivity contribution is -0.126. The second-order valence-corrected chi connectivity index (χ2v) is 3.56. The lowest BCUT2D eigenvalue weighted by Gasteiger charge is -2.19. The number of hydrogen-bond acceptors (Lipinski definition) is 3. The summed E-state index contributed by atoms with van der Waals surface area (Å²) >= 11 is 0. The normalized spacial score (nSPS) is 24.8. The van der Waals surface area contributed by atoms with E-state index in [1.54, 1.807) is 5.01 Å². The third-order valence-electron chi connectivity index (χ3n) is 2.03. The number of hydrazine groups is 1. The van der Waals surface area contributed by atoms with Gasteiger partial charge in [-0.25, -0.2) is 5.01 Å². The van der Waals surface area contributed by atoms with Gasteiger partial charge in [-0.3, -0.25) is 10.6 Å². The molecule has 1 rings (SSSR count). The fourth-order valence-corrected chi connectivity index (χ4v) is 1.45. The molecule has 1 atom stereocenters. The molecule has 1 heterocycles. The second-order valence-electron chi connectivity index (χ2n) is 3.56. The molecule has 3 N–H and O–H groups in total. The third kappa shape index (κ3) is 2.19. The summed E-state index contributed by atoms with van der Waals surface area (Å²) in [4.78, 5) is 11.4. The summed E-state index contributed by atoms with van der Waals surface area (Å²) in [5.41, 5.74) is 0. The number of amides is 1. The van der Waals surface area contributed by atoms with Gasteiger partial charge >= 0.3 is 0 Å². The topological polar surface area (TPSA) is 58.4 Å². The summed E-state index contributed by atoms with van der Waals surface area (Å²) in [6.45, 7) is 4.73. The number of nitrogens with zero attached hydrogens (tertiary/aromatic N) is 1. The third-order valence-corrected chi connectivity index (χ3v) is 2.03. The van der Waals surface area contributed by atoms with E-state index in [-0.39, 0.29) is 18.0 Å². The van der Waals surface area contributed by atoms with Crippen molar-refractivity contribution in [2.75, 3.05) is 6.54 Å². The van der Waals surface area contributed by atoms with Gasteiger partial charge in [0.1, 0.15) is 6.04 Å². The van der Waals surface area contributed by atoms with Crippen molar-refractivity contribution < 1.29 is 4.79 Å². The van der Waals surface area contributed by atoms with E-state index in [1.165, 1.54) is 0 Å². The fraction of sp³-hybridized carbons (Fsp3) is 0.875. The van der Waals surface area contributed by atoms with Crippen LogP contribution < -0.4 is 11.2 Å². The molecule has 1 unspecified atom stereocenters. The van der Waals surface area contributed by atoms with Crippen molar-refractivity contribution in [3.8, 4) is 0 Å². The maximum atomic E-state index is 11.4. The summed E-state index contributed by atoms with van der Waals surface area (Å²) in [6, 6.07) is 0.0962. The van der Waals surface area contributed by atoms with Crippen molar-refractivity contribution in [2.24, 2.45) is 5.84 Å². The van der Waals surface area contributed by atoms with Gasteiger partial charge in [0.2, 0.25) is 5.91 Å². The van der Waals surface area contributed by atoms with Crippen molar-refractivity contribution in [1.82, 2.24) is 10.3 Å². The zero-order valence-corrected chi connectivity index (χ0v) is 7.71. The zero-order chi connectivity index (χ0) is 9.14. The molecule has 0 aliphatic carbocycles. The second kappa shape index (κ2) is 3.87. The number of nitrogens with one attached hydrogen (secondary N) is 1. The quantitative estimate of drug-likeness (QED) is 0.568. The Labute approximate surface area is 73.1 Å². The molecule has 0 saturated carbocycles. The maximum Gasteiger partial charge on any atom is 0.238 e. The zero-order valence-electron chi connectivity index (χ0n) is 7.71. The van der Waals surface area contributed by atoms with E-state index in [4.69, 9.17) is 5.84 Å². The first kappa shape index (κ1) is 9.48. The smallest absolute Gasteiger partial charge is 0.238 e. The summed E-state index contributed by atoms with van der Waals surface area (Å²) in [6.07, 6.45) is 1.90. The highest BCUT2D eigenvalue weighted by Gasteiger charge is 2.28. The Morgan fingerprint density at radius 1 is 1.67 bits per heavy atom. The number of hydrogen-bond donors (Lipinski definition) is 2. The van der Waals surface area contributed by atoms with Crippen molar-refractivity contribution in [3.63, 3.8) is 0 Å². The van der Waals surface area contributed by atoms with Crippen LogP contribution in [0.15, 0.2) is 0 Å². The van der Waals surface area contributed by atoms with E-state index in [0.29, 0.717) is 0 Å². The van der Waals surface area contributed by atoms with E-state index in [1.807, 2.05) is 13.8 Å². The monoisotopic (exact) mass is 171 g/mol. The van der Waals surface area contributed by atoms with Crippen LogP contribution in [0.2, 0.25) is 0 Å². The van der Waals surface area contributed by atoms with Crippen LogP contribution in [0.25, 0.3) is 0 Å². The molecule has 0 aromatic heterocycles. The minimum Gasteiger partial charge on any atom is -0.353 e. The lowest BCUT2D eigenvalue weighted by Crippen LogP contribution is -2.48. The van der Waals surface area contributed by atoms with Gasteiger partial charge in [-0.05, 0) is 26.7 Å². The number of nitrogens with two attached hydrogens (primary N) is 1. The van der Waals surface area contributed by atoms with E-state index in [0.717, 1.165) is 19.4 Å². The van der Waals surface area contributed by atoms with Crippen LogP contribution in [-0.4, -0.2) is 29.5 Å². The van der Waals surface area contributed by atoms with Crippen molar-refractivity contribution in [2.45, 2.75) is 38.8 Å². The van der Waals surface area contributed by atoms with Crippen molar-refractivity contribution >= 4 is 5.91 Å². The first-order valence-corrected chi connectivity index (χ1v) is 4.43. The molecule has 0 bridgehead atoms. The van der Waals surface area contributed by atoms with Gasteiger partial charge in [-0.1, -0.05) is 0 Å². The molecular weight excluding hydrogens is 154 g/mol. The molecule has 0 aromatic rings. The average Bonchev–Trinajstić information content (AvgIpc) is 2.33. The molecule has 0 aromatic carbocycles. The van der Waals surface area contributed by atoms with Crippen LogP contribution in [0.4, 0.5) is 0 Å². The Bertz CT molecular complexity index is 170. The maximum absolute atomic E-state index is 11.4. The Balaban J connectivity index is 2.41. The Hall–Kier alpha value is -0.610. The molecule has 1 fully saturated rings. The lowest BCUT2D eigenvalue weighted by atomic mass is 10.2. The molecule has 70 valence electrons. The average molecular weight is 171 g/mol. The highest BCUT2D eigenvalue weighted by molar-refractivity contribution is 5.82. The molecule has 1 amide bonds. The molecular formula is C8H17N3O. The van der Waals surface area contributed by atoms with Crippen LogP contribution in [0.5, 0.6) is 0 Å². The summed E-state index contributed by atoms with van der Waals surface area (Å²) in [5, 5.41) is 4.48. The molecule has 1 aliphatic rings. The standard InChI is InChI=1S/C8H17N3O/c1-6(2)10-8(12)7-4-3-5-11(7)9/h6-7H,3-5,9H2,1-2H3,(H,10,12). The van der Waals surface area contributed by atoms with Crippen LogP contribution >= 0.6 is 0 Å². The van der Waals surface area contributed by atoms with Crippen molar-refractivity contribution in [1.29, 1.82) is 0 Å². The van der Waals surface area contributed by atoms with Gasteiger partial charge in [0.15, 0.2) is 0 Å². The molecule has 0 spiro atoms. The van der Waals surface area contributed by atoms with Gasteiger partial charge in [-0.2, -0.15) is 0 Å². The van der Waals surface area contributed by atoms with Gasteiger partial charge in [0.25, 0.3) is 0 Å². The summed E-state index contributed by atoms with van der Waals surface area (Å²) < 4.78 is 0. The van der Waals surface area contributed by atoms with Crippen LogP contribution in [0, 0.1) is 0 Å². The Kier molecular flexibility index (Phi) is 3.05. The van der Waals surface area contributed by atoms with E-state index < -0.39 is 0 Å². The van der Waals surface area contributed by atoms with Gasteiger partial charge in [-0.15, -0.1) is 0 Å². The van der Waals surface area contributed by atoms with E-state index in [2.05, 4.69) is 5.32 Å². The van der Waals surface area contributed by atoms with Crippen LogP contribution in [0.3, 0.4) is 0 Å². The molecule has 1 saturated heterocycles. The Morgan fingerprint density at radius 2 is 2.33 bits per heavy atom. The molecule has 12 heavy (non-hydrogen) atoms. The number of rotatable bonds is 2. The van der Waals surface area contributed by atoms with Crippen molar-refractivity contribution in [3.05, 3.63) is 0 Å². The Morgan fingerprint density at radius 3 is 2.75 bits per heavy atom. The fourth-order valence-electron chi connectivity index (χ4n) is 1.45. The largest absolute Gasteiger partial charge is 0.353 e. The first-order valence-electron chi connectivity index (χ1n) is 4.43. The number of carbonyl (C=O) groups excluding carboxylic acids is 1. The predicted octanol–water partition coefficient (Wildman–Crippen LogP) is -0.151. The van der Waals surface area contributed by atoms with Crippen LogP contribution in [0.1, 0.15) is 26.7 Å². The van der Waals surface area contributed by atoms with E-state index >= 15 is 0 Å². The molecule has 0 radical (unpaired) electrons. The number of carbonyl (C=O) groups is 1. The SMILES string of the molecule is CC(C)NC(=O)C1CCCN1N. The summed E-state index contributed by atoms with van der Waals surface area (Å²) in [7, 11) is 0. The minimum atomic E-state index is -0.104. The first-order chi connectivity index (χ1) is 5.61. The van der Waals surface area contributed by atoms with Gasteiger partial charge in [0.05, 0.1) is 0 Å². The summed E-state index contributed by atoms with van der Waals surface area (Å²) in [5.74, 6) is 5.69. The highest BCUT2D eigenvalue weighted by Crippen LogP contribution is 2.12. The van der Waals surface area contributed by atoms with E-state index in [9.17, 15) is 4.79 Å². The van der Waals surface area contributed by atoms with Gasteiger partial charge < -0.3 is 5.32 Å². The predicted molar refractivity (Wildman–Crippen MR) is 47.2 cm³/mol. The van der Waals surface area contributed by atoms with Crippen LogP contribution in [-0.2, 0) is 4.79 Å². The molecule has 4 nitrogen and oxygen atoms in total. The molecule has 1 aliphatic heterocycles. The highest BCUT2D eigenvalue weighted by atomic mass is 16.2. The minimum absolute atomic E-state index is 0.0602. The molecule has 4 heteroatoms. The van der Waals surface area contributed by atoms with Gasteiger partial charge in [0, 0.05) is 12.6 Å².